The molecule has 0 saturated heterocycles. The summed E-state index contributed by atoms with van der Waals surface area (Å²) in [5, 5.41) is 10.3. The van der Waals surface area contributed by atoms with E-state index in [9.17, 15) is 13.9 Å². The number of aliphatic hydroxyl groups is 1. The van der Waals surface area contributed by atoms with E-state index in [1.54, 1.807) is 23.5 Å². The number of aryl methyl sites for hydroxylation is 2. The van der Waals surface area contributed by atoms with Gasteiger partial charge in [0.2, 0.25) is 0 Å². The Morgan fingerprint density at radius 2 is 1.95 bits per heavy atom. The Morgan fingerprint density at radius 1 is 1.21 bits per heavy atom. The highest BCUT2D eigenvalue weighted by Gasteiger charge is 2.16. The lowest BCUT2D eigenvalue weighted by Crippen LogP contribution is -2.04. The van der Waals surface area contributed by atoms with E-state index in [1.807, 2.05) is 19.9 Å². The molecule has 1 N–H and O–H groups in total. The van der Waals surface area contributed by atoms with Crippen LogP contribution < -0.4 is 4.74 Å². The van der Waals surface area contributed by atoms with Crippen LogP contribution in [0.5, 0.6) is 5.75 Å². The van der Waals surface area contributed by atoms with Crippen molar-refractivity contribution >= 4 is 11.3 Å². The lowest BCUT2D eigenvalue weighted by Gasteiger charge is -2.12. The molecule has 0 aliphatic carbocycles. The van der Waals surface area contributed by atoms with E-state index in [-0.39, 0.29) is 5.75 Å². The first-order valence-corrected chi connectivity index (χ1v) is 6.59. The van der Waals surface area contributed by atoms with E-state index >= 15 is 0 Å². The first-order chi connectivity index (χ1) is 8.97. The van der Waals surface area contributed by atoms with Crippen molar-refractivity contribution in [3.8, 4) is 5.75 Å². The highest BCUT2D eigenvalue weighted by Crippen LogP contribution is 2.32. The minimum atomic E-state index is -2.86. The molecule has 0 bridgehead atoms. The van der Waals surface area contributed by atoms with Crippen molar-refractivity contribution in [2.24, 2.45) is 0 Å². The van der Waals surface area contributed by atoms with Crippen molar-refractivity contribution in [2.45, 2.75) is 26.6 Å². The van der Waals surface area contributed by atoms with Gasteiger partial charge >= 0.3 is 6.61 Å². The summed E-state index contributed by atoms with van der Waals surface area (Å²) >= 11 is 1.60. The van der Waals surface area contributed by atoms with Gasteiger partial charge < -0.3 is 9.84 Å². The third-order valence-electron chi connectivity index (χ3n) is 2.77. The smallest absolute Gasteiger partial charge is 0.387 e. The molecule has 0 fully saturated rings. The topological polar surface area (TPSA) is 29.5 Å². The minimum Gasteiger partial charge on any atom is -0.435 e. The Kier molecular flexibility index (Phi) is 4.17. The zero-order valence-corrected chi connectivity index (χ0v) is 11.4. The molecule has 19 heavy (non-hydrogen) atoms. The highest BCUT2D eigenvalue weighted by molar-refractivity contribution is 7.12. The minimum absolute atomic E-state index is 0.0520. The Balaban J connectivity index is 2.28. The van der Waals surface area contributed by atoms with E-state index in [0.717, 1.165) is 15.3 Å². The van der Waals surface area contributed by atoms with E-state index in [2.05, 4.69) is 4.74 Å². The summed E-state index contributed by atoms with van der Waals surface area (Å²) < 4.78 is 28.7. The molecule has 2 rings (SSSR count). The van der Waals surface area contributed by atoms with Gasteiger partial charge in [-0.15, -0.1) is 11.3 Å². The van der Waals surface area contributed by atoms with Crippen LogP contribution in [0.1, 0.15) is 27.0 Å². The third-order valence-corrected chi connectivity index (χ3v) is 3.75. The van der Waals surface area contributed by atoms with E-state index < -0.39 is 12.7 Å². The SMILES string of the molecule is Cc1cc(C(O)c2cccc(OC(F)F)c2)c(C)s1. The number of ether oxygens (including phenoxy) is 1. The number of thiophene rings is 1. The van der Waals surface area contributed by atoms with Gasteiger partial charge in [0, 0.05) is 9.75 Å². The number of hydrogen-bond donors (Lipinski definition) is 1. The maximum atomic E-state index is 12.2. The van der Waals surface area contributed by atoms with Crippen molar-refractivity contribution < 1.29 is 18.6 Å². The van der Waals surface area contributed by atoms with Crippen LogP contribution in [0.2, 0.25) is 0 Å². The van der Waals surface area contributed by atoms with Crippen LogP contribution in [-0.4, -0.2) is 11.7 Å². The van der Waals surface area contributed by atoms with Gasteiger partial charge in [-0.25, -0.2) is 0 Å². The van der Waals surface area contributed by atoms with Crippen LogP contribution >= 0.6 is 11.3 Å². The molecule has 0 amide bonds. The molecule has 0 aliphatic rings. The first kappa shape index (κ1) is 14.0. The van der Waals surface area contributed by atoms with Crippen LogP contribution in [0, 0.1) is 13.8 Å². The summed E-state index contributed by atoms with van der Waals surface area (Å²) in [6.45, 7) is 1.03. The fraction of sp³-hybridized carbons (Fsp3) is 0.286. The number of benzene rings is 1. The van der Waals surface area contributed by atoms with Gasteiger partial charge in [0.05, 0.1) is 0 Å². The Labute approximate surface area is 114 Å². The average Bonchev–Trinajstić information content (AvgIpc) is 2.67. The monoisotopic (exact) mass is 284 g/mol. The molecule has 0 spiro atoms. The van der Waals surface area contributed by atoms with Crippen LogP contribution in [-0.2, 0) is 0 Å². The molecule has 0 radical (unpaired) electrons. The van der Waals surface area contributed by atoms with E-state index in [4.69, 9.17) is 0 Å². The standard InChI is InChI=1S/C14H14F2O2S/c1-8-6-12(9(2)19-8)13(17)10-4-3-5-11(7-10)18-14(15)16/h3-7,13-14,17H,1-2H3. The largest absolute Gasteiger partial charge is 0.435 e. The molecular formula is C14H14F2O2S. The molecule has 2 aromatic rings. The van der Waals surface area contributed by atoms with Gasteiger partial charge in [-0.1, -0.05) is 12.1 Å². The lowest BCUT2D eigenvalue weighted by atomic mass is 10.0. The molecular weight excluding hydrogens is 270 g/mol. The quantitative estimate of drug-likeness (QED) is 0.918. The van der Waals surface area contributed by atoms with Gasteiger partial charge in [-0.05, 0) is 43.2 Å². The number of alkyl halides is 2. The van der Waals surface area contributed by atoms with E-state index in [1.165, 1.54) is 12.1 Å². The molecule has 2 nitrogen and oxygen atoms in total. The molecule has 102 valence electrons. The molecule has 1 heterocycles. The van der Waals surface area contributed by atoms with Gasteiger partial charge in [0.15, 0.2) is 0 Å². The Morgan fingerprint density at radius 3 is 2.53 bits per heavy atom. The number of hydrogen-bond acceptors (Lipinski definition) is 3. The summed E-state index contributed by atoms with van der Waals surface area (Å²) in [5.74, 6) is 0.0520. The molecule has 5 heteroatoms. The van der Waals surface area contributed by atoms with Crippen molar-refractivity contribution in [1.82, 2.24) is 0 Å². The highest BCUT2D eigenvalue weighted by atomic mass is 32.1. The fourth-order valence-corrected chi connectivity index (χ4v) is 2.92. The second-order valence-electron chi connectivity index (χ2n) is 4.22. The van der Waals surface area contributed by atoms with Crippen LogP contribution in [0.25, 0.3) is 0 Å². The van der Waals surface area contributed by atoms with Gasteiger partial charge in [0.1, 0.15) is 11.9 Å². The molecule has 0 aliphatic heterocycles. The molecule has 0 saturated carbocycles. The lowest BCUT2D eigenvalue weighted by molar-refractivity contribution is -0.0499. The third kappa shape index (κ3) is 3.30. The zero-order chi connectivity index (χ0) is 14.0. The molecule has 1 atom stereocenters. The molecule has 1 aromatic carbocycles. The number of aliphatic hydroxyl groups excluding tert-OH is 1. The van der Waals surface area contributed by atoms with E-state index in [0.29, 0.717) is 5.56 Å². The van der Waals surface area contributed by atoms with Crippen LogP contribution in [0.4, 0.5) is 8.78 Å². The molecule has 1 unspecified atom stereocenters. The van der Waals surface area contributed by atoms with Crippen molar-refractivity contribution in [3.63, 3.8) is 0 Å². The predicted molar refractivity (Wildman–Crippen MR) is 70.9 cm³/mol. The van der Waals surface area contributed by atoms with Crippen LogP contribution in [0.15, 0.2) is 30.3 Å². The second-order valence-corrected chi connectivity index (χ2v) is 5.68. The zero-order valence-electron chi connectivity index (χ0n) is 10.6. The predicted octanol–water partition coefficient (Wildman–Crippen LogP) is 4.05. The normalized spacial score (nSPS) is 12.7. The summed E-state index contributed by atoms with van der Waals surface area (Å²) in [7, 11) is 0. The Bertz CT molecular complexity index is 566. The summed E-state index contributed by atoms with van der Waals surface area (Å²) in [4.78, 5) is 2.12. The molecule has 1 aromatic heterocycles. The summed E-state index contributed by atoms with van der Waals surface area (Å²) in [5.41, 5.74) is 1.34. The fourth-order valence-electron chi connectivity index (χ4n) is 1.96. The number of halogens is 2. The average molecular weight is 284 g/mol. The van der Waals surface area contributed by atoms with Gasteiger partial charge in [0.25, 0.3) is 0 Å². The maximum absolute atomic E-state index is 12.2. The number of rotatable bonds is 4. The Hall–Kier alpha value is -1.46. The van der Waals surface area contributed by atoms with Crippen LogP contribution in [0.3, 0.4) is 0 Å². The second kappa shape index (κ2) is 5.67. The summed E-state index contributed by atoms with van der Waals surface area (Å²) in [6, 6.07) is 8.06. The van der Waals surface area contributed by atoms with Gasteiger partial charge in [-0.2, -0.15) is 8.78 Å². The first-order valence-electron chi connectivity index (χ1n) is 5.77. The van der Waals surface area contributed by atoms with Gasteiger partial charge in [-0.3, -0.25) is 0 Å². The maximum Gasteiger partial charge on any atom is 0.387 e. The van der Waals surface area contributed by atoms with Crippen molar-refractivity contribution in [1.29, 1.82) is 0 Å². The van der Waals surface area contributed by atoms with Crippen molar-refractivity contribution in [3.05, 3.63) is 51.2 Å². The van der Waals surface area contributed by atoms with Crippen molar-refractivity contribution in [2.75, 3.05) is 0 Å². The summed E-state index contributed by atoms with van der Waals surface area (Å²) in [6.07, 6.45) is -0.828.